The van der Waals surface area contributed by atoms with Crippen LogP contribution < -0.4 is 16.8 Å². The molecule has 1 rings (SSSR count). The molecule has 6 nitrogen and oxygen atoms in total. The zero-order valence-electron chi connectivity index (χ0n) is 11.0. The van der Waals surface area contributed by atoms with Gasteiger partial charge >= 0.3 is 0 Å². The van der Waals surface area contributed by atoms with Crippen LogP contribution >= 0.6 is 0 Å². The number of carbonyl (C=O) groups excluding carboxylic acids is 2. The van der Waals surface area contributed by atoms with Gasteiger partial charge in [0, 0.05) is 6.54 Å². The highest BCUT2D eigenvalue weighted by molar-refractivity contribution is 5.81. The molecule has 1 aliphatic rings. The normalized spacial score (nSPS) is 25.1. The Morgan fingerprint density at radius 3 is 2.56 bits per heavy atom. The Morgan fingerprint density at radius 2 is 2.06 bits per heavy atom. The molecule has 104 valence electrons. The number of hydrogen-bond donors (Lipinski definition) is 3. The quantitative estimate of drug-likeness (QED) is 0.596. The summed E-state index contributed by atoms with van der Waals surface area (Å²) in [5.41, 5.74) is 10.9. The molecule has 1 aliphatic heterocycles. The summed E-state index contributed by atoms with van der Waals surface area (Å²) < 4.78 is 5.40. The van der Waals surface area contributed by atoms with Crippen LogP contribution in [0.1, 0.15) is 33.1 Å². The number of hydrogen-bond acceptors (Lipinski definition) is 4. The van der Waals surface area contributed by atoms with Gasteiger partial charge in [-0.3, -0.25) is 9.59 Å². The van der Waals surface area contributed by atoms with Gasteiger partial charge in [0.1, 0.15) is 6.10 Å². The molecule has 0 aromatic rings. The van der Waals surface area contributed by atoms with Crippen molar-refractivity contribution in [3.63, 3.8) is 0 Å². The smallest absolute Gasteiger partial charge is 0.246 e. The van der Waals surface area contributed by atoms with Crippen LogP contribution in [-0.2, 0) is 14.3 Å². The van der Waals surface area contributed by atoms with Gasteiger partial charge in [-0.15, -0.1) is 0 Å². The second-order valence-corrected chi connectivity index (χ2v) is 5.21. The summed E-state index contributed by atoms with van der Waals surface area (Å²) >= 11 is 0. The van der Waals surface area contributed by atoms with E-state index in [0.29, 0.717) is 25.3 Å². The molecule has 3 atom stereocenters. The van der Waals surface area contributed by atoms with Crippen LogP contribution in [0, 0.1) is 5.92 Å². The van der Waals surface area contributed by atoms with E-state index in [2.05, 4.69) is 5.32 Å². The van der Waals surface area contributed by atoms with E-state index in [9.17, 15) is 9.59 Å². The third-order valence-electron chi connectivity index (χ3n) is 2.99. The molecule has 18 heavy (non-hydrogen) atoms. The number of nitrogens with two attached hydrogens (primary N) is 2. The predicted molar refractivity (Wildman–Crippen MR) is 67.5 cm³/mol. The maximum absolute atomic E-state index is 11.7. The number of rotatable bonds is 6. The van der Waals surface area contributed by atoms with Gasteiger partial charge in [-0.25, -0.2) is 0 Å². The summed E-state index contributed by atoms with van der Waals surface area (Å²) in [6, 6.07) is -0.488. The molecule has 5 N–H and O–H groups in total. The van der Waals surface area contributed by atoms with Gasteiger partial charge in [-0.05, 0) is 25.2 Å². The Morgan fingerprint density at radius 1 is 1.39 bits per heavy atom. The molecule has 0 aromatic heterocycles. The van der Waals surface area contributed by atoms with Crippen molar-refractivity contribution in [2.45, 2.75) is 51.4 Å². The molecule has 0 spiro atoms. The maximum atomic E-state index is 11.7. The molecule has 0 aliphatic carbocycles. The van der Waals surface area contributed by atoms with E-state index in [1.807, 2.05) is 13.8 Å². The van der Waals surface area contributed by atoms with Crippen molar-refractivity contribution >= 4 is 11.8 Å². The number of nitrogens with one attached hydrogen (secondary N) is 1. The summed E-state index contributed by atoms with van der Waals surface area (Å²) in [5.74, 6) is -0.233. The van der Waals surface area contributed by atoms with E-state index in [1.165, 1.54) is 0 Å². The minimum atomic E-state index is -0.517. The van der Waals surface area contributed by atoms with Crippen molar-refractivity contribution in [3.8, 4) is 0 Å². The van der Waals surface area contributed by atoms with Crippen molar-refractivity contribution in [2.24, 2.45) is 17.4 Å². The number of primary amides is 1. The standard InChI is InChI=1S/C12H23N3O3/c1-7(2)5-9(13)12(17)15-6-8-3-4-10(18-8)11(14)16/h7-10H,3-6,13H2,1-2H3,(H2,14,16)(H,15,17)/t8?,9-,10?/m0/s1. The molecule has 0 radical (unpaired) electrons. The Balaban J connectivity index is 2.25. The molecule has 0 saturated carbocycles. The summed E-state index contributed by atoms with van der Waals surface area (Å²) in [7, 11) is 0. The lowest BCUT2D eigenvalue weighted by molar-refractivity contribution is -0.128. The van der Waals surface area contributed by atoms with Crippen molar-refractivity contribution in [2.75, 3.05) is 6.54 Å². The predicted octanol–water partition coefficient (Wildman–Crippen LogP) is -0.491. The highest BCUT2D eigenvalue weighted by Crippen LogP contribution is 2.18. The first kappa shape index (κ1) is 14.9. The largest absolute Gasteiger partial charge is 0.367 e. The molecular formula is C12H23N3O3. The fourth-order valence-electron chi connectivity index (χ4n) is 2.03. The number of carbonyl (C=O) groups is 2. The van der Waals surface area contributed by atoms with E-state index in [4.69, 9.17) is 16.2 Å². The first-order valence-electron chi connectivity index (χ1n) is 6.38. The molecule has 1 heterocycles. The Hall–Kier alpha value is -1.14. The van der Waals surface area contributed by atoms with E-state index >= 15 is 0 Å². The minimum Gasteiger partial charge on any atom is -0.367 e. The van der Waals surface area contributed by atoms with Crippen molar-refractivity contribution in [1.29, 1.82) is 0 Å². The second kappa shape index (κ2) is 6.70. The fourth-order valence-corrected chi connectivity index (χ4v) is 2.03. The zero-order chi connectivity index (χ0) is 13.7. The molecule has 6 heteroatoms. The molecule has 0 bridgehead atoms. The van der Waals surface area contributed by atoms with Crippen LogP contribution in [0.4, 0.5) is 0 Å². The van der Waals surface area contributed by atoms with Crippen molar-refractivity contribution < 1.29 is 14.3 Å². The van der Waals surface area contributed by atoms with Gasteiger partial charge in [-0.1, -0.05) is 13.8 Å². The van der Waals surface area contributed by atoms with Crippen LogP contribution in [0.25, 0.3) is 0 Å². The van der Waals surface area contributed by atoms with Crippen LogP contribution in [0.15, 0.2) is 0 Å². The van der Waals surface area contributed by atoms with Crippen LogP contribution in [0.2, 0.25) is 0 Å². The molecule has 2 unspecified atom stereocenters. The van der Waals surface area contributed by atoms with Gasteiger partial charge in [0.25, 0.3) is 0 Å². The second-order valence-electron chi connectivity index (χ2n) is 5.21. The summed E-state index contributed by atoms with van der Waals surface area (Å²) in [6.07, 6.45) is 1.34. The highest BCUT2D eigenvalue weighted by Gasteiger charge is 2.29. The Bertz CT molecular complexity index is 307. The average molecular weight is 257 g/mol. The first-order valence-corrected chi connectivity index (χ1v) is 6.38. The average Bonchev–Trinajstić information content (AvgIpc) is 2.73. The Labute approximate surface area is 107 Å². The summed E-state index contributed by atoms with van der Waals surface area (Å²) in [5, 5.41) is 2.75. The monoisotopic (exact) mass is 257 g/mol. The molecule has 1 fully saturated rings. The van der Waals surface area contributed by atoms with Crippen LogP contribution in [0.5, 0.6) is 0 Å². The van der Waals surface area contributed by atoms with E-state index in [-0.39, 0.29) is 12.0 Å². The minimum absolute atomic E-state index is 0.141. The molecule has 1 saturated heterocycles. The van der Waals surface area contributed by atoms with Crippen LogP contribution in [-0.4, -0.2) is 36.6 Å². The highest BCUT2D eigenvalue weighted by atomic mass is 16.5. The van der Waals surface area contributed by atoms with Gasteiger partial charge in [-0.2, -0.15) is 0 Å². The maximum Gasteiger partial charge on any atom is 0.246 e. The summed E-state index contributed by atoms with van der Waals surface area (Å²) in [4.78, 5) is 22.6. The van der Waals surface area contributed by atoms with E-state index in [1.54, 1.807) is 0 Å². The topological polar surface area (TPSA) is 107 Å². The fraction of sp³-hybridized carbons (Fsp3) is 0.833. The third kappa shape index (κ3) is 4.62. The molecule has 2 amide bonds. The lowest BCUT2D eigenvalue weighted by Gasteiger charge is -2.16. The SMILES string of the molecule is CC(C)C[C@H](N)C(=O)NCC1CCC(C(N)=O)O1. The number of amides is 2. The van der Waals surface area contributed by atoms with Gasteiger partial charge in [0.15, 0.2) is 0 Å². The lowest BCUT2D eigenvalue weighted by Crippen LogP contribution is -2.44. The van der Waals surface area contributed by atoms with Crippen LogP contribution in [0.3, 0.4) is 0 Å². The van der Waals surface area contributed by atoms with Crippen molar-refractivity contribution in [1.82, 2.24) is 5.32 Å². The van der Waals surface area contributed by atoms with Gasteiger partial charge in [0.05, 0.1) is 12.1 Å². The molecular weight excluding hydrogens is 234 g/mol. The third-order valence-corrected chi connectivity index (χ3v) is 2.99. The first-order chi connectivity index (χ1) is 8.40. The lowest BCUT2D eigenvalue weighted by atomic mass is 10.0. The van der Waals surface area contributed by atoms with Gasteiger partial charge < -0.3 is 21.5 Å². The molecule has 0 aromatic carbocycles. The van der Waals surface area contributed by atoms with Crippen molar-refractivity contribution in [3.05, 3.63) is 0 Å². The zero-order valence-corrected chi connectivity index (χ0v) is 11.0. The Kier molecular flexibility index (Phi) is 5.55. The van der Waals surface area contributed by atoms with Gasteiger partial charge in [0.2, 0.25) is 11.8 Å². The summed E-state index contributed by atoms with van der Waals surface area (Å²) in [6.45, 7) is 4.42. The van der Waals surface area contributed by atoms with E-state index < -0.39 is 18.1 Å². The number of ether oxygens (including phenoxy) is 1. The van der Waals surface area contributed by atoms with E-state index in [0.717, 1.165) is 6.42 Å².